The third-order valence-corrected chi connectivity index (χ3v) is 1.63. The molecule has 0 unspecified atom stereocenters. The molecule has 0 radical (unpaired) electrons. The molecule has 0 aliphatic carbocycles. The molecule has 0 atom stereocenters. The zero-order valence-electron chi connectivity index (χ0n) is 6.40. The molecule has 1 saturated heterocycles. The quantitative estimate of drug-likeness (QED) is 0.392. The number of nitrogens with one attached hydrogen (secondary N) is 3. The van der Waals surface area contributed by atoms with Crippen molar-refractivity contribution in [3.63, 3.8) is 0 Å². The first kappa shape index (κ1) is 9.05. The predicted molar refractivity (Wildman–Crippen MR) is 41.0 cm³/mol. The summed E-state index contributed by atoms with van der Waals surface area (Å²) < 4.78 is 24.0. The number of rotatable bonds is 1. The van der Waals surface area contributed by atoms with E-state index < -0.39 is 12.3 Å². The molecule has 1 aliphatic heterocycles. The van der Waals surface area contributed by atoms with Gasteiger partial charge in [-0.1, -0.05) is 0 Å². The summed E-state index contributed by atoms with van der Waals surface area (Å²) in [4.78, 5) is 1.03. The molecule has 0 aromatic heterocycles. The number of alkyl halides is 2. The highest BCUT2D eigenvalue weighted by Crippen LogP contribution is 2.03. The molecule has 3 N–H and O–H groups in total. The third kappa shape index (κ3) is 1.76. The van der Waals surface area contributed by atoms with Gasteiger partial charge in [-0.05, 0) is 0 Å². The molecule has 6 heteroatoms. The maximum absolute atomic E-state index is 12.0. The molecule has 1 fully saturated rings. The van der Waals surface area contributed by atoms with Crippen molar-refractivity contribution in [2.24, 2.45) is 0 Å². The van der Waals surface area contributed by atoms with Crippen molar-refractivity contribution in [3.8, 4) is 0 Å². The zero-order valence-corrected chi connectivity index (χ0v) is 6.40. The van der Waals surface area contributed by atoms with Gasteiger partial charge in [0, 0.05) is 13.1 Å². The first-order chi connectivity index (χ1) is 5.63. The van der Waals surface area contributed by atoms with Crippen LogP contribution in [0, 0.1) is 10.8 Å². The SMILES string of the molecule is N=C1CNCCN1C(=N)C(F)F. The lowest BCUT2D eigenvalue weighted by atomic mass is 10.3. The lowest BCUT2D eigenvalue weighted by Crippen LogP contribution is -2.51. The Balaban J connectivity index is 2.60. The molecule has 0 aromatic carbocycles. The van der Waals surface area contributed by atoms with E-state index in [0.717, 1.165) is 4.90 Å². The van der Waals surface area contributed by atoms with Crippen LogP contribution >= 0.6 is 0 Å². The Morgan fingerprint density at radius 1 is 1.58 bits per heavy atom. The van der Waals surface area contributed by atoms with E-state index in [1.54, 1.807) is 0 Å². The third-order valence-electron chi connectivity index (χ3n) is 1.63. The minimum Gasteiger partial charge on any atom is -0.312 e. The molecule has 0 aromatic rings. The number of halogens is 2. The van der Waals surface area contributed by atoms with Gasteiger partial charge < -0.3 is 10.2 Å². The van der Waals surface area contributed by atoms with Gasteiger partial charge >= 0.3 is 0 Å². The van der Waals surface area contributed by atoms with E-state index in [1.165, 1.54) is 0 Å². The number of hydrogen-bond acceptors (Lipinski definition) is 3. The predicted octanol–water partition coefficient (Wildman–Crippen LogP) is 0.111. The standard InChI is InChI=1S/C6H10F2N4/c7-5(8)6(10)12-2-1-11-3-4(12)9/h5,9-11H,1-3H2. The molecule has 68 valence electrons. The fourth-order valence-corrected chi connectivity index (χ4v) is 1.01. The number of amidine groups is 2. The number of piperazine rings is 1. The Bertz CT molecular complexity index is 204. The van der Waals surface area contributed by atoms with Crippen LogP contribution in [0.1, 0.15) is 0 Å². The average molecular weight is 176 g/mol. The fraction of sp³-hybridized carbons (Fsp3) is 0.667. The Kier molecular flexibility index (Phi) is 2.69. The second-order valence-electron chi connectivity index (χ2n) is 2.46. The van der Waals surface area contributed by atoms with Crippen LogP contribution in [0.4, 0.5) is 8.78 Å². The molecule has 4 nitrogen and oxygen atoms in total. The Hall–Kier alpha value is -1.04. The minimum atomic E-state index is -2.79. The molecular weight excluding hydrogens is 166 g/mol. The maximum Gasteiger partial charge on any atom is 0.295 e. The summed E-state index contributed by atoms with van der Waals surface area (Å²) in [6.45, 7) is 1.08. The van der Waals surface area contributed by atoms with Gasteiger partial charge in [0.05, 0.1) is 6.54 Å². The number of hydrogen-bond donors (Lipinski definition) is 3. The highest BCUT2D eigenvalue weighted by atomic mass is 19.3. The van der Waals surface area contributed by atoms with Crippen molar-refractivity contribution in [2.75, 3.05) is 19.6 Å². The summed E-state index contributed by atoms with van der Waals surface area (Å²) in [5.41, 5.74) is 0. The van der Waals surface area contributed by atoms with Gasteiger partial charge in [0.2, 0.25) is 0 Å². The average Bonchev–Trinajstić information content (AvgIpc) is 2.04. The normalized spacial score (nSPS) is 18.6. The molecule has 0 amide bonds. The summed E-state index contributed by atoms with van der Waals surface area (Å²) in [6.07, 6.45) is -2.79. The molecular formula is C6H10F2N4. The summed E-state index contributed by atoms with van der Waals surface area (Å²) in [6, 6.07) is 0. The van der Waals surface area contributed by atoms with Gasteiger partial charge in [-0.15, -0.1) is 0 Å². The van der Waals surface area contributed by atoms with E-state index >= 15 is 0 Å². The Morgan fingerprint density at radius 2 is 2.25 bits per heavy atom. The van der Waals surface area contributed by atoms with Crippen LogP contribution in [-0.4, -0.2) is 42.6 Å². The highest BCUT2D eigenvalue weighted by molar-refractivity contribution is 6.00. The van der Waals surface area contributed by atoms with E-state index in [-0.39, 0.29) is 18.9 Å². The smallest absolute Gasteiger partial charge is 0.295 e. The lowest BCUT2D eigenvalue weighted by molar-refractivity contribution is 0.208. The van der Waals surface area contributed by atoms with E-state index in [2.05, 4.69) is 5.32 Å². The Morgan fingerprint density at radius 3 is 2.75 bits per heavy atom. The molecule has 1 aliphatic rings. The summed E-state index contributed by atoms with van der Waals surface area (Å²) in [5.74, 6) is -0.743. The van der Waals surface area contributed by atoms with Crippen LogP contribution in [0.5, 0.6) is 0 Å². The van der Waals surface area contributed by atoms with Crippen molar-refractivity contribution in [1.29, 1.82) is 10.8 Å². The van der Waals surface area contributed by atoms with Crippen molar-refractivity contribution in [3.05, 3.63) is 0 Å². The molecule has 12 heavy (non-hydrogen) atoms. The topological polar surface area (TPSA) is 63.0 Å². The van der Waals surface area contributed by atoms with Crippen LogP contribution in [0.2, 0.25) is 0 Å². The lowest BCUT2D eigenvalue weighted by Gasteiger charge is -2.29. The van der Waals surface area contributed by atoms with E-state index in [0.29, 0.717) is 6.54 Å². The van der Waals surface area contributed by atoms with Gasteiger partial charge in [-0.25, -0.2) is 8.78 Å². The number of nitrogens with zero attached hydrogens (tertiary/aromatic N) is 1. The molecule has 0 spiro atoms. The van der Waals surface area contributed by atoms with Crippen molar-refractivity contribution in [1.82, 2.24) is 10.2 Å². The second-order valence-corrected chi connectivity index (χ2v) is 2.46. The van der Waals surface area contributed by atoms with Crippen LogP contribution < -0.4 is 5.32 Å². The highest BCUT2D eigenvalue weighted by Gasteiger charge is 2.24. The van der Waals surface area contributed by atoms with Crippen LogP contribution in [0.25, 0.3) is 0 Å². The van der Waals surface area contributed by atoms with Crippen molar-refractivity contribution < 1.29 is 8.78 Å². The molecule has 1 rings (SSSR count). The van der Waals surface area contributed by atoms with Gasteiger partial charge in [0.25, 0.3) is 6.43 Å². The van der Waals surface area contributed by atoms with Crippen molar-refractivity contribution in [2.45, 2.75) is 6.43 Å². The van der Waals surface area contributed by atoms with Gasteiger partial charge in [-0.2, -0.15) is 0 Å². The summed E-state index contributed by atoms with van der Waals surface area (Å²) in [7, 11) is 0. The van der Waals surface area contributed by atoms with Gasteiger partial charge in [-0.3, -0.25) is 10.8 Å². The summed E-state index contributed by atoms with van der Waals surface area (Å²) in [5, 5.41) is 17.1. The first-order valence-electron chi connectivity index (χ1n) is 3.55. The van der Waals surface area contributed by atoms with E-state index in [4.69, 9.17) is 10.8 Å². The first-order valence-corrected chi connectivity index (χ1v) is 3.55. The summed E-state index contributed by atoms with van der Waals surface area (Å²) >= 11 is 0. The monoisotopic (exact) mass is 176 g/mol. The minimum absolute atomic E-state index is 0.0338. The van der Waals surface area contributed by atoms with Gasteiger partial charge in [0.1, 0.15) is 5.84 Å². The van der Waals surface area contributed by atoms with Crippen molar-refractivity contribution >= 4 is 11.7 Å². The maximum atomic E-state index is 12.0. The Labute approximate surface area is 68.6 Å². The zero-order chi connectivity index (χ0) is 9.14. The van der Waals surface area contributed by atoms with Gasteiger partial charge in [0.15, 0.2) is 5.84 Å². The van der Waals surface area contributed by atoms with E-state index in [9.17, 15) is 8.78 Å². The molecule has 0 bridgehead atoms. The molecule has 0 saturated carbocycles. The molecule has 1 heterocycles. The second kappa shape index (κ2) is 3.57. The van der Waals surface area contributed by atoms with Crippen LogP contribution in [0.3, 0.4) is 0 Å². The van der Waals surface area contributed by atoms with Crippen LogP contribution in [0.15, 0.2) is 0 Å². The fourth-order valence-electron chi connectivity index (χ4n) is 1.01. The van der Waals surface area contributed by atoms with Crippen LogP contribution in [-0.2, 0) is 0 Å². The van der Waals surface area contributed by atoms with E-state index in [1.807, 2.05) is 0 Å². The largest absolute Gasteiger partial charge is 0.312 e.